The van der Waals surface area contributed by atoms with Crippen LogP contribution in [0.4, 0.5) is 0 Å². The van der Waals surface area contributed by atoms with Crippen LogP contribution in [0.15, 0.2) is 103 Å². The minimum absolute atomic E-state index is 0.0464. The van der Waals surface area contributed by atoms with E-state index in [1.54, 1.807) is 12.4 Å². The molecule has 202 valence electrons. The van der Waals surface area contributed by atoms with E-state index < -0.39 is 0 Å². The fourth-order valence-electron chi connectivity index (χ4n) is 7.27. The summed E-state index contributed by atoms with van der Waals surface area (Å²) in [4.78, 5) is 6.79. The van der Waals surface area contributed by atoms with Gasteiger partial charge in [0.2, 0.25) is 0 Å². The Hall–Kier alpha value is -5.14. The molecule has 0 amide bonds. The summed E-state index contributed by atoms with van der Waals surface area (Å²) in [6.45, 7) is 0. The molecule has 4 heteroatoms. The Bertz CT molecular complexity index is 1800. The van der Waals surface area contributed by atoms with Crippen LogP contribution in [0.2, 0.25) is 0 Å². The molecule has 2 aliphatic carbocycles. The highest BCUT2D eigenvalue weighted by molar-refractivity contribution is 5.82. The molecule has 4 nitrogen and oxygen atoms in total. The van der Waals surface area contributed by atoms with Gasteiger partial charge in [-0.25, -0.2) is 0 Å². The van der Waals surface area contributed by atoms with Gasteiger partial charge in [-0.3, -0.25) is 0 Å². The summed E-state index contributed by atoms with van der Waals surface area (Å²) in [5, 5.41) is 0. The first-order valence-electron chi connectivity index (χ1n) is 14.6. The van der Waals surface area contributed by atoms with Crippen molar-refractivity contribution >= 4 is 12.4 Å². The van der Waals surface area contributed by atoms with Gasteiger partial charge in [0.25, 0.3) is 12.4 Å². The van der Waals surface area contributed by atoms with Gasteiger partial charge in [0.05, 0.1) is 12.8 Å². The second-order valence-electron chi connectivity index (χ2n) is 11.2. The van der Waals surface area contributed by atoms with E-state index in [4.69, 9.17) is 0 Å². The molecule has 0 N–H and O–H groups in total. The van der Waals surface area contributed by atoms with E-state index in [0.717, 1.165) is 19.3 Å². The largest absolute Gasteiger partial charge is 0.362 e. The zero-order chi connectivity index (χ0) is 28.5. The predicted octanol–water partition coefficient (Wildman–Crippen LogP) is 7.89. The molecule has 0 heterocycles. The van der Waals surface area contributed by atoms with Crippen LogP contribution in [0.3, 0.4) is 0 Å². The van der Waals surface area contributed by atoms with Crippen molar-refractivity contribution in [1.82, 2.24) is 0 Å². The van der Waals surface area contributed by atoms with Gasteiger partial charge in [0, 0.05) is 5.92 Å². The average Bonchev–Trinajstić information content (AvgIpc) is 3.60. The summed E-state index contributed by atoms with van der Waals surface area (Å²) in [6, 6.07) is 37.1. The maximum atomic E-state index is 9.44. The number of hydrogen-bond acceptors (Lipinski definition) is 0. The number of fused-ring (bicyclic) bond motifs is 6. The Balaban J connectivity index is 1.52. The van der Waals surface area contributed by atoms with Crippen molar-refractivity contribution in [2.75, 3.05) is 0 Å². The topological polar surface area (TPSA) is 72.8 Å². The van der Waals surface area contributed by atoms with Crippen LogP contribution in [0.5, 0.6) is 0 Å². The number of nitrogens with zero attached hydrogens (tertiary/aromatic N) is 4. The van der Waals surface area contributed by atoms with Gasteiger partial charge in [-0.1, -0.05) is 103 Å². The molecule has 0 unspecified atom stereocenters. The van der Waals surface area contributed by atoms with Crippen LogP contribution in [-0.2, 0) is 32.1 Å². The second kappa shape index (κ2) is 11.0. The minimum Gasteiger partial charge on any atom is -0.362 e. The molecule has 0 radical (unpaired) electrons. The molecule has 0 aliphatic heterocycles. The van der Waals surface area contributed by atoms with E-state index in [-0.39, 0.29) is 5.92 Å². The first kappa shape index (κ1) is 25.8. The van der Waals surface area contributed by atoms with E-state index in [2.05, 4.69) is 113 Å². The molecular formula is C38H30N4. The van der Waals surface area contributed by atoms with Gasteiger partial charge < -0.3 is 11.1 Å². The summed E-state index contributed by atoms with van der Waals surface area (Å²) in [5.74, 6) is 0.0464. The lowest BCUT2D eigenvalue weighted by molar-refractivity contribution is 0.00113. The summed E-state index contributed by atoms with van der Waals surface area (Å²) in [6.07, 6.45) is 6.85. The van der Waals surface area contributed by atoms with Gasteiger partial charge >= 0.3 is 0 Å². The highest BCUT2D eigenvalue weighted by Gasteiger charge is 2.33. The lowest BCUT2D eigenvalue weighted by Crippen LogP contribution is -2.16. The van der Waals surface area contributed by atoms with Crippen LogP contribution in [0.25, 0.3) is 33.3 Å². The molecule has 2 aliphatic rings. The molecule has 5 aromatic rings. The van der Waals surface area contributed by atoms with Crippen LogP contribution >= 0.6 is 0 Å². The van der Waals surface area contributed by atoms with Crippen molar-refractivity contribution in [3.63, 3.8) is 0 Å². The van der Waals surface area contributed by atoms with Crippen molar-refractivity contribution in [3.8, 4) is 22.3 Å². The van der Waals surface area contributed by atoms with Crippen molar-refractivity contribution in [1.29, 1.82) is 0 Å². The summed E-state index contributed by atoms with van der Waals surface area (Å²) >= 11 is 0. The second-order valence-corrected chi connectivity index (χ2v) is 11.2. The van der Waals surface area contributed by atoms with Gasteiger partial charge in [-0.2, -0.15) is 9.58 Å². The van der Waals surface area contributed by atoms with Gasteiger partial charge in [0.15, 0.2) is 0 Å². The first-order valence-corrected chi connectivity index (χ1v) is 14.6. The maximum absolute atomic E-state index is 9.44. The van der Waals surface area contributed by atoms with Gasteiger partial charge in [-0.05, 0) is 91.6 Å². The predicted molar refractivity (Wildman–Crippen MR) is 168 cm³/mol. The van der Waals surface area contributed by atoms with E-state index in [1.807, 2.05) is 0 Å². The third-order valence-corrected chi connectivity index (χ3v) is 9.01. The van der Waals surface area contributed by atoms with Gasteiger partial charge in [0.1, 0.15) is 0 Å². The highest BCUT2D eigenvalue weighted by atomic mass is 14.8. The SMILES string of the molecule is [N-]=[N+]=CCc1ccc2c(c1C(Cc1ccccc1)c1c(CC=[N+]=[N-])ccc3c1Cc1ccccc1-3)Cc1ccccc1-2. The molecule has 0 fully saturated rings. The lowest BCUT2D eigenvalue weighted by Gasteiger charge is -2.28. The van der Waals surface area contributed by atoms with Gasteiger partial charge in [-0.15, -0.1) is 0 Å². The first-order chi connectivity index (χ1) is 20.8. The molecular weight excluding hydrogens is 512 g/mol. The zero-order valence-corrected chi connectivity index (χ0v) is 23.4. The van der Waals surface area contributed by atoms with Crippen molar-refractivity contribution in [2.24, 2.45) is 0 Å². The quantitative estimate of drug-likeness (QED) is 0.106. The third kappa shape index (κ3) is 4.44. The summed E-state index contributed by atoms with van der Waals surface area (Å²) < 4.78 is 0. The van der Waals surface area contributed by atoms with Crippen LogP contribution in [-0.4, -0.2) is 22.0 Å². The standard InChI is InChI=1S/C38H30N4/c39-41-20-18-26-14-16-32-30-12-6-4-10-28(30)23-34(32)37(26)36(22-25-8-2-1-3-9-25)38-27(19-21-42-40)15-17-33-31-13-7-5-11-29(31)24-35(33)38/h1-17,20-21,36H,18-19,22-24H2. The van der Waals surface area contributed by atoms with Crippen molar-refractivity contribution in [3.05, 3.63) is 164 Å². The Morgan fingerprint density at radius 2 is 1.02 bits per heavy atom. The molecule has 0 saturated carbocycles. The molecule has 7 rings (SSSR count). The van der Waals surface area contributed by atoms with E-state index in [1.165, 1.54) is 72.3 Å². The molecule has 5 aromatic carbocycles. The van der Waals surface area contributed by atoms with E-state index >= 15 is 0 Å². The molecule has 0 bridgehead atoms. The number of hydrogen-bond donors (Lipinski definition) is 0. The molecule has 0 saturated heterocycles. The Morgan fingerprint density at radius 3 is 1.52 bits per heavy atom. The molecule has 0 spiro atoms. The van der Waals surface area contributed by atoms with Crippen LogP contribution < -0.4 is 0 Å². The molecule has 0 aromatic heterocycles. The van der Waals surface area contributed by atoms with Crippen LogP contribution in [0, 0.1) is 0 Å². The summed E-state index contributed by atoms with van der Waals surface area (Å²) in [7, 11) is 0. The lowest BCUT2D eigenvalue weighted by atomic mass is 9.75. The number of rotatable bonds is 8. The Kier molecular flexibility index (Phi) is 6.78. The zero-order valence-electron chi connectivity index (χ0n) is 23.4. The van der Waals surface area contributed by atoms with Crippen molar-refractivity contribution in [2.45, 2.75) is 38.0 Å². The highest BCUT2D eigenvalue weighted by Crippen LogP contribution is 2.48. The molecule has 0 atom stereocenters. The number of benzene rings is 5. The smallest absolute Gasteiger partial charge is 0.261 e. The Labute approximate surface area is 246 Å². The van der Waals surface area contributed by atoms with E-state index in [0.29, 0.717) is 12.8 Å². The monoisotopic (exact) mass is 542 g/mol. The Morgan fingerprint density at radius 1 is 0.548 bits per heavy atom. The average molecular weight is 543 g/mol. The fraction of sp³-hybridized carbons (Fsp3) is 0.158. The maximum Gasteiger partial charge on any atom is 0.261 e. The van der Waals surface area contributed by atoms with Crippen molar-refractivity contribution < 1.29 is 9.58 Å². The van der Waals surface area contributed by atoms with E-state index in [9.17, 15) is 11.1 Å². The normalized spacial score (nSPS) is 12.8. The third-order valence-electron chi connectivity index (χ3n) is 9.01. The minimum atomic E-state index is 0.0464. The molecule has 42 heavy (non-hydrogen) atoms. The summed E-state index contributed by atoms with van der Waals surface area (Å²) in [5.41, 5.74) is 35.7. The van der Waals surface area contributed by atoms with Crippen LogP contribution in [0.1, 0.15) is 56.0 Å². The fourth-order valence-corrected chi connectivity index (χ4v) is 7.27.